The van der Waals surface area contributed by atoms with Gasteiger partial charge in [-0.1, -0.05) is 6.07 Å². The van der Waals surface area contributed by atoms with Gasteiger partial charge >= 0.3 is 5.97 Å². The highest BCUT2D eigenvalue weighted by Crippen LogP contribution is 2.26. The second-order valence-electron chi connectivity index (χ2n) is 5.21. The number of methoxy groups -OCH3 is 1. The Balaban J connectivity index is 2.11. The number of aryl methyl sites for hydroxylation is 2. The summed E-state index contributed by atoms with van der Waals surface area (Å²) in [5, 5.41) is 0. The first-order valence-electron chi connectivity index (χ1n) is 6.89. The number of ether oxygens (including phenoxy) is 1. The van der Waals surface area contributed by atoms with E-state index in [1.165, 1.54) is 7.11 Å². The number of benzene rings is 1. The van der Waals surface area contributed by atoms with E-state index in [0.29, 0.717) is 5.56 Å². The molecule has 1 aliphatic rings. The summed E-state index contributed by atoms with van der Waals surface area (Å²) < 4.78 is 4.84. The van der Waals surface area contributed by atoms with Gasteiger partial charge in [0.1, 0.15) is 11.5 Å². The number of aromatic nitrogens is 2. The van der Waals surface area contributed by atoms with Crippen molar-refractivity contribution in [1.29, 1.82) is 0 Å². The van der Waals surface area contributed by atoms with E-state index in [0.717, 1.165) is 46.9 Å². The third-order valence-electron chi connectivity index (χ3n) is 3.75. The molecular formula is C16H17N3O2. The summed E-state index contributed by atoms with van der Waals surface area (Å²) in [6, 6.07) is 3.83. The number of imidazole rings is 1. The number of carbonyl (C=O) groups excluding carboxylic acids is 1. The van der Waals surface area contributed by atoms with Crippen LogP contribution in [-0.2, 0) is 11.2 Å². The van der Waals surface area contributed by atoms with Gasteiger partial charge in [0, 0.05) is 30.4 Å². The number of aliphatic imine (C=N–C) groups is 1. The molecule has 0 spiro atoms. The van der Waals surface area contributed by atoms with Crippen LogP contribution in [0.25, 0.3) is 11.4 Å². The van der Waals surface area contributed by atoms with Gasteiger partial charge in [-0.25, -0.2) is 9.78 Å². The molecule has 2 aromatic rings. The topological polar surface area (TPSA) is 67.3 Å². The summed E-state index contributed by atoms with van der Waals surface area (Å²) >= 11 is 0. The highest BCUT2D eigenvalue weighted by Gasteiger charge is 2.17. The predicted octanol–water partition coefficient (Wildman–Crippen LogP) is 2.46. The van der Waals surface area contributed by atoms with Crippen LogP contribution in [0.15, 0.2) is 17.1 Å². The number of hydrogen-bond donors (Lipinski definition) is 1. The first-order chi connectivity index (χ1) is 10.1. The molecule has 3 rings (SSSR count). The Kier molecular flexibility index (Phi) is 3.33. The molecule has 0 amide bonds. The molecule has 0 saturated heterocycles. The monoisotopic (exact) mass is 283 g/mol. The Morgan fingerprint density at radius 2 is 2.10 bits per heavy atom. The average Bonchev–Trinajstić information content (AvgIpc) is 2.90. The van der Waals surface area contributed by atoms with E-state index in [-0.39, 0.29) is 5.97 Å². The zero-order chi connectivity index (χ0) is 15.0. The van der Waals surface area contributed by atoms with Crippen LogP contribution in [0.3, 0.4) is 0 Å². The van der Waals surface area contributed by atoms with E-state index < -0.39 is 0 Å². The summed E-state index contributed by atoms with van der Waals surface area (Å²) in [6.45, 7) is 4.71. The quantitative estimate of drug-likeness (QED) is 0.861. The molecule has 0 radical (unpaired) electrons. The molecule has 1 aliphatic heterocycles. The van der Waals surface area contributed by atoms with E-state index in [9.17, 15) is 4.79 Å². The van der Waals surface area contributed by atoms with Gasteiger partial charge in [0.2, 0.25) is 0 Å². The van der Waals surface area contributed by atoms with Gasteiger partial charge in [-0.3, -0.25) is 4.99 Å². The summed E-state index contributed by atoms with van der Waals surface area (Å²) in [6.07, 6.45) is 2.66. The molecule has 0 atom stereocenters. The van der Waals surface area contributed by atoms with Gasteiger partial charge < -0.3 is 9.72 Å². The van der Waals surface area contributed by atoms with Gasteiger partial charge in [0.05, 0.1) is 12.7 Å². The van der Waals surface area contributed by atoms with E-state index in [2.05, 4.69) is 15.0 Å². The molecule has 1 aromatic carbocycles. The molecule has 0 aliphatic carbocycles. The van der Waals surface area contributed by atoms with Crippen molar-refractivity contribution in [2.75, 3.05) is 13.7 Å². The van der Waals surface area contributed by atoms with Gasteiger partial charge in [0.25, 0.3) is 0 Å². The zero-order valence-electron chi connectivity index (χ0n) is 12.4. The molecule has 2 heterocycles. The fourth-order valence-electron chi connectivity index (χ4n) is 2.61. The minimum Gasteiger partial charge on any atom is -0.465 e. The Labute approximate surface area is 123 Å². The maximum Gasteiger partial charge on any atom is 0.338 e. The molecular weight excluding hydrogens is 266 g/mol. The van der Waals surface area contributed by atoms with Crippen molar-refractivity contribution in [3.05, 3.63) is 40.2 Å². The van der Waals surface area contributed by atoms with Crippen LogP contribution < -0.4 is 0 Å². The first kappa shape index (κ1) is 13.5. The third-order valence-corrected chi connectivity index (χ3v) is 3.75. The lowest BCUT2D eigenvalue weighted by atomic mass is 9.99. The van der Waals surface area contributed by atoms with Crippen molar-refractivity contribution in [2.24, 2.45) is 4.99 Å². The number of fused-ring (bicyclic) bond motifs is 1. The van der Waals surface area contributed by atoms with Crippen molar-refractivity contribution in [1.82, 2.24) is 9.97 Å². The second kappa shape index (κ2) is 5.16. The molecule has 21 heavy (non-hydrogen) atoms. The predicted molar refractivity (Wildman–Crippen MR) is 81.0 cm³/mol. The third kappa shape index (κ3) is 2.35. The first-order valence-corrected chi connectivity index (χ1v) is 6.89. The lowest BCUT2D eigenvalue weighted by Gasteiger charge is -2.09. The smallest absolute Gasteiger partial charge is 0.338 e. The minimum absolute atomic E-state index is 0.327. The summed E-state index contributed by atoms with van der Waals surface area (Å²) in [5.41, 5.74) is 5.45. The SMILES string of the molecule is COC(=O)c1cc(-c2nc3c([nH]2)CCN=C3)c(C)cc1C. The minimum atomic E-state index is -0.327. The summed E-state index contributed by atoms with van der Waals surface area (Å²) in [5.74, 6) is 0.447. The van der Waals surface area contributed by atoms with Crippen LogP contribution in [0.4, 0.5) is 0 Å². The summed E-state index contributed by atoms with van der Waals surface area (Å²) in [7, 11) is 1.39. The Morgan fingerprint density at radius 3 is 2.81 bits per heavy atom. The van der Waals surface area contributed by atoms with Crippen LogP contribution in [-0.4, -0.2) is 35.8 Å². The normalized spacial score (nSPS) is 13.1. The van der Waals surface area contributed by atoms with E-state index >= 15 is 0 Å². The maximum atomic E-state index is 11.8. The van der Waals surface area contributed by atoms with Gasteiger partial charge in [-0.05, 0) is 31.0 Å². The lowest BCUT2D eigenvalue weighted by Crippen LogP contribution is -2.05. The van der Waals surface area contributed by atoms with Gasteiger partial charge in [-0.15, -0.1) is 0 Å². The molecule has 0 saturated carbocycles. The number of esters is 1. The van der Waals surface area contributed by atoms with Crippen LogP contribution in [0.1, 0.15) is 32.9 Å². The standard InChI is InChI=1S/C16H17N3O2/c1-9-6-10(2)12(16(20)21-3)7-11(9)15-18-13-4-5-17-8-14(13)19-15/h6-8H,4-5H2,1-3H3,(H,18,19). The van der Waals surface area contributed by atoms with Crippen LogP contribution in [0.5, 0.6) is 0 Å². The van der Waals surface area contributed by atoms with Gasteiger partial charge in [0.15, 0.2) is 0 Å². The molecule has 0 bridgehead atoms. The van der Waals surface area contributed by atoms with Crippen molar-refractivity contribution >= 4 is 12.2 Å². The highest BCUT2D eigenvalue weighted by molar-refractivity contribution is 5.93. The molecule has 108 valence electrons. The van der Waals surface area contributed by atoms with Gasteiger partial charge in [-0.2, -0.15) is 0 Å². The summed E-state index contributed by atoms with van der Waals surface area (Å²) in [4.78, 5) is 24.0. The Hall–Kier alpha value is -2.43. The number of nitrogens with zero attached hydrogens (tertiary/aromatic N) is 2. The van der Waals surface area contributed by atoms with E-state index in [1.54, 1.807) is 6.21 Å². The van der Waals surface area contributed by atoms with Crippen LogP contribution >= 0.6 is 0 Å². The molecule has 0 unspecified atom stereocenters. The second-order valence-corrected chi connectivity index (χ2v) is 5.21. The molecule has 1 aromatic heterocycles. The number of rotatable bonds is 2. The molecule has 0 fully saturated rings. The average molecular weight is 283 g/mol. The maximum absolute atomic E-state index is 11.8. The zero-order valence-corrected chi connectivity index (χ0v) is 12.4. The van der Waals surface area contributed by atoms with Crippen molar-refractivity contribution in [3.8, 4) is 11.4 Å². The largest absolute Gasteiger partial charge is 0.465 e. The van der Waals surface area contributed by atoms with E-state index in [4.69, 9.17) is 4.74 Å². The number of carbonyl (C=O) groups is 1. The number of H-pyrrole nitrogens is 1. The molecule has 5 nitrogen and oxygen atoms in total. The number of aromatic amines is 1. The number of hydrogen-bond acceptors (Lipinski definition) is 4. The van der Waals surface area contributed by atoms with E-state index in [1.807, 2.05) is 26.0 Å². The fourth-order valence-corrected chi connectivity index (χ4v) is 2.61. The Morgan fingerprint density at radius 1 is 1.29 bits per heavy atom. The fraction of sp³-hybridized carbons (Fsp3) is 0.312. The lowest BCUT2D eigenvalue weighted by molar-refractivity contribution is 0.0600. The Bertz CT molecular complexity index is 744. The molecule has 1 N–H and O–H groups in total. The number of nitrogens with one attached hydrogen (secondary N) is 1. The van der Waals surface area contributed by atoms with Crippen molar-refractivity contribution in [3.63, 3.8) is 0 Å². The van der Waals surface area contributed by atoms with Crippen LogP contribution in [0.2, 0.25) is 0 Å². The van der Waals surface area contributed by atoms with Crippen LogP contribution in [0, 0.1) is 13.8 Å². The molecule has 5 heteroatoms. The van der Waals surface area contributed by atoms with Crippen molar-refractivity contribution in [2.45, 2.75) is 20.3 Å². The highest BCUT2D eigenvalue weighted by atomic mass is 16.5. The van der Waals surface area contributed by atoms with Crippen molar-refractivity contribution < 1.29 is 9.53 Å².